The Labute approximate surface area is 109 Å². The second-order valence-electron chi connectivity index (χ2n) is 4.18. The fourth-order valence-corrected chi connectivity index (χ4v) is 2.05. The summed E-state index contributed by atoms with van der Waals surface area (Å²) in [5.41, 5.74) is 0. The van der Waals surface area contributed by atoms with Crippen molar-refractivity contribution in [3.63, 3.8) is 0 Å². The smallest absolute Gasteiger partial charge is 0.291 e. The maximum absolute atomic E-state index is 12.0. The third-order valence-electron chi connectivity index (χ3n) is 3.06. The molecule has 0 unspecified atom stereocenters. The van der Waals surface area contributed by atoms with Crippen LogP contribution in [0.3, 0.4) is 0 Å². The molecule has 2 aromatic heterocycles. The van der Waals surface area contributed by atoms with E-state index in [9.17, 15) is 4.79 Å². The number of amides is 1. The van der Waals surface area contributed by atoms with Crippen LogP contribution < -0.4 is 4.90 Å². The second-order valence-corrected chi connectivity index (χ2v) is 4.18. The zero-order valence-corrected chi connectivity index (χ0v) is 10.2. The Morgan fingerprint density at radius 2 is 2.00 bits per heavy atom. The van der Waals surface area contributed by atoms with E-state index in [4.69, 9.17) is 0 Å². The summed E-state index contributed by atoms with van der Waals surface area (Å²) >= 11 is 0. The summed E-state index contributed by atoms with van der Waals surface area (Å²) in [6.45, 7) is 2.74. The van der Waals surface area contributed by atoms with Gasteiger partial charge in [-0.2, -0.15) is 5.10 Å². The van der Waals surface area contributed by atoms with Gasteiger partial charge >= 0.3 is 0 Å². The lowest BCUT2D eigenvalue weighted by Gasteiger charge is -2.34. The van der Waals surface area contributed by atoms with E-state index in [0.717, 1.165) is 18.9 Å². The predicted octanol–water partition coefficient (Wildman–Crippen LogP) is -0.443. The quantitative estimate of drug-likeness (QED) is 0.786. The minimum Gasteiger partial charge on any atom is -0.352 e. The van der Waals surface area contributed by atoms with Gasteiger partial charge < -0.3 is 9.80 Å². The maximum Gasteiger partial charge on any atom is 0.291 e. The Morgan fingerprint density at radius 3 is 2.63 bits per heavy atom. The Kier molecular flexibility index (Phi) is 3.05. The first kappa shape index (κ1) is 11.6. The molecule has 1 aliphatic rings. The van der Waals surface area contributed by atoms with Crippen molar-refractivity contribution in [1.82, 2.24) is 30.0 Å². The monoisotopic (exact) mass is 259 g/mol. The third kappa shape index (κ3) is 2.37. The van der Waals surface area contributed by atoms with Gasteiger partial charge in [-0.25, -0.2) is 9.97 Å². The number of carbonyl (C=O) groups excluding carboxylic acids is 1. The number of nitrogens with zero attached hydrogens (tertiary/aromatic N) is 6. The van der Waals surface area contributed by atoms with Crippen LogP contribution in [0.15, 0.2) is 24.9 Å². The standard InChI is InChI=1S/C11H13N7O/c19-11(10-14-8-15-16-10)18-5-3-17(4-6-18)9-7-12-1-2-13-9/h1-2,7-8H,3-6H2,(H,14,15,16). The lowest BCUT2D eigenvalue weighted by Crippen LogP contribution is -2.49. The maximum atomic E-state index is 12.0. The summed E-state index contributed by atoms with van der Waals surface area (Å²) in [6, 6.07) is 0. The van der Waals surface area contributed by atoms with E-state index in [1.807, 2.05) is 0 Å². The molecule has 98 valence electrons. The van der Waals surface area contributed by atoms with Crippen LogP contribution in [-0.2, 0) is 0 Å². The molecular formula is C11H13N7O. The Morgan fingerprint density at radius 1 is 1.16 bits per heavy atom. The van der Waals surface area contributed by atoms with Crippen molar-refractivity contribution < 1.29 is 4.79 Å². The summed E-state index contributed by atoms with van der Waals surface area (Å²) in [5.74, 6) is 1.01. The minimum atomic E-state index is -0.115. The van der Waals surface area contributed by atoms with Crippen LogP contribution in [-0.4, -0.2) is 62.1 Å². The van der Waals surface area contributed by atoms with Crippen LogP contribution in [0.1, 0.15) is 10.6 Å². The van der Waals surface area contributed by atoms with Crippen molar-refractivity contribution >= 4 is 11.7 Å². The number of hydrogen-bond acceptors (Lipinski definition) is 6. The van der Waals surface area contributed by atoms with E-state index < -0.39 is 0 Å². The molecule has 3 rings (SSSR count). The highest BCUT2D eigenvalue weighted by Gasteiger charge is 2.24. The van der Waals surface area contributed by atoms with Crippen LogP contribution in [0.5, 0.6) is 0 Å². The van der Waals surface area contributed by atoms with E-state index >= 15 is 0 Å². The van der Waals surface area contributed by atoms with Crippen molar-refractivity contribution in [2.24, 2.45) is 0 Å². The molecule has 1 aliphatic heterocycles. The fraction of sp³-hybridized carbons (Fsp3) is 0.364. The minimum absolute atomic E-state index is 0.115. The molecule has 3 heterocycles. The number of carbonyl (C=O) groups is 1. The van der Waals surface area contributed by atoms with Crippen molar-refractivity contribution in [3.8, 4) is 0 Å². The molecule has 0 bridgehead atoms. The van der Waals surface area contributed by atoms with Crippen molar-refractivity contribution in [1.29, 1.82) is 0 Å². The van der Waals surface area contributed by atoms with Gasteiger partial charge in [0.15, 0.2) is 0 Å². The van der Waals surface area contributed by atoms with Gasteiger partial charge in [-0.3, -0.25) is 14.9 Å². The van der Waals surface area contributed by atoms with E-state index in [1.165, 1.54) is 6.33 Å². The molecule has 1 fully saturated rings. The molecule has 0 saturated carbocycles. The highest BCUT2D eigenvalue weighted by atomic mass is 16.2. The number of anilines is 1. The summed E-state index contributed by atoms with van der Waals surface area (Å²) in [7, 11) is 0. The molecule has 2 aromatic rings. The predicted molar refractivity (Wildman–Crippen MR) is 66.5 cm³/mol. The van der Waals surface area contributed by atoms with E-state index in [0.29, 0.717) is 13.1 Å². The molecular weight excluding hydrogens is 246 g/mol. The highest BCUT2D eigenvalue weighted by Crippen LogP contribution is 2.12. The SMILES string of the molecule is O=C(c1ncn[nH]1)N1CCN(c2cnccn2)CC1. The van der Waals surface area contributed by atoms with Gasteiger partial charge in [0.1, 0.15) is 12.1 Å². The molecule has 8 heteroatoms. The first-order valence-electron chi connectivity index (χ1n) is 6.00. The molecule has 0 spiro atoms. The van der Waals surface area contributed by atoms with Crippen LogP contribution in [0.25, 0.3) is 0 Å². The summed E-state index contributed by atoms with van der Waals surface area (Å²) < 4.78 is 0. The molecule has 0 aliphatic carbocycles. The summed E-state index contributed by atoms with van der Waals surface area (Å²) in [6.07, 6.45) is 6.38. The van der Waals surface area contributed by atoms with Crippen molar-refractivity contribution in [2.75, 3.05) is 31.1 Å². The molecule has 1 saturated heterocycles. The van der Waals surface area contributed by atoms with Gasteiger partial charge in [0, 0.05) is 38.6 Å². The number of piperazine rings is 1. The highest BCUT2D eigenvalue weighted by molar-refractivity contribution is 5.90. The van der Waals surface area contributed by atoms with Crippen LogP contribution >= 0.6 is 0 Å². The molecule has 0 atom stereocenters. The lowest BCUT2D eigenvalue weighted by molar-refractivity contribution is 0.0734. The van der Waals surface area contributed by atoms with Gasteiger partial charge in [0.05, 0.1) is 6.20 Å². The molecule has 19 heavy (non-hydrogen) atoms. The van der Waals surface area contributed by atoms with Gasteiger partial charge in [-0.1, -0.05) is 0 Å². The Bertz CT molecular complexity index is 533. The normalized spacial score (nSPS) is 15.6. The van der Waals surface area contributed by atoms with E-state index in [-0.39, 0.29) is 11.7 Å². The average molecular weight is 259 g/mol. The van der Waals surface area contributed by atoms with E-state index in [2.05, 4.69) is 30.0 Å². The topological polar surface area (TPSA) is 90.9 Å². The van der Waals surface area contributed by atoms with Gasteiger partial charge in [0.2, 0.25) is 5.82 Å². The second kappa shape index (κ2) is 5.01. The first-order valence-corrected chi connectivity index (χ1v) is 6.00. The summed E-state index contributed by atoms with van der Waals surface area (Å²) in [4.78, 5) is 28.1. The van der Waals surface area contributed by atoms with Crippen LogP contribution in [0, 0.1) is 0 Å². The van der Waals surface area contributed by atoms with Crippen molar-refractivity contribution in [2.45, 2.75) is 0 Å². The van der Waals surface area contributed by atoms with Crippen LogP contribution in [0.2, 0.25) is 0 Å². The molecule has 1 N–H and O–H groups in total. The first-order chi connectivity index (χ1) is 9.34. The third-order valence-corrected chi connectivity index (χ3v) is 3.06. The Hall–Kier alpha value is -2.51. The average Bonchev–Trinajstić information content (AvgIpc) is 3.02. The van der Waals surface area contributed by atoms with Crippen molar-refractivity contribution in [3.05, 3.63) is 30.7 Å². The largest absolute Gasteiger partial charge is 0.352 e. The number of rotatable bonds is 2. The molecule has 1 amide bonds. The number of aromatic amines is 1. The molecule has 8 nitrogen and oxygen atoms in total. The lowest BCUT2D eigenvalue weighted by atomic mass is 10.3. The van der Waals surface area contributed by atoms with Gasteiger partial charge in [0.25, 0.3) is 5.91 Å². The van der Waals surface area contributed by atoms with Gasteiger partial charge in [-0.15, -0.1) is 0 Å². The molecule has 0 aromatic carbocycles. The number of H-pyrrole nitrogens is 1. The van der Waals surface area contributed by atoms with E-state index in [1.54, 1.807) is 23.5 Å². The number of nitrogens with one attached hydrogen (secondary N) is 1. The number of hydrogen-bond donors (Lipinski definition) is 1. The Balaban J connectivity index is 1.62. The van der Waals surface area contributed by atoms with Crippen LogP contribution in [0.4, 0.5) is 5.82 Å². The number of aromatic nitrogens is 5. The van der Waals surface area contributed by atoms with Gasteiger partial charge in [-0.05, 0) is 0 Å². The summed E-state index contributed by atoms with van der Waals surface area (Å²) in [5, 5.41) is 6.28. The fourth-order valence-electron chi connectivity index (χ4n) is 2.05. The zero-order valence-electron chi connectivity index (χ0n) is 10.2. The molecule has 0 radical (unpaired) electrons. The zero-order chi connectivity index (χ0) is 13.1.